The first-order valence-electron chi connectivity index (χ1n) is 13.2. The maximum atomic E-state index is 12.9. The number of likely N-dealkylation sites (tertiary alicyclic amines) is 1. The predicted molar refractivity (Wildman–Crippen MR) is 152 cm³/mol. The molecule has 3 heterocycles. The molecular weight excluding hydrogens is 510 g/mol. The van der Waals surface area contributed by atoms with E-state index in [1.807, 2.05) is 36.4 Å². The van der Waals surface area contributed by atoms with E-state index in [-0.39, 0.29) is 12.5 Å². The van der Waals surface area contributed by atoms with E-state index in [2.05, 4.69) is 22.2 Å². The zero-order valence-corrected chi connectivity index (χ0v) is 22.6. The molecule has 5 rings (SSSR count). The average Bonchev–Trinajstić information content (AvgIpc) is 3.34. The number of hydrogen-bond acceptors (Lipinski definition) is 7. The van der Waals surface area contributed by atoms with Crippen LogP contribution in [0.5, 0.6) is 11.5 Å². The lowest BCUT2D eigenvalue weighted by Crippen LogP contribution is -2.41. The highest BCUT2D eigenvalue weighted by Gasteiger charge is 2.24. The first-order chi connectivity index (χ1) is 19.4. The molecule has 2 aromatic carbocycles. The van der Waals surface area contributed by atoms with E-state index in [9.17, 15) is 9.59 Å². The monoisotopic (exact) mass is 543 g/mol. The quantitative estimate of drug-likeness (QED) is 0.266. The Bertz CT molecular complexity index is 1490. The number of ether oxygens (including phenoxy) is 3. The number of anilines is 1. The van der Waals surface area contributed by atoms with Gasteiger partial charge in [-0.2, -0.15) is 0 Å². The molecule has 0 spiro atoms. The lowest BCUT2D eigenvalue weighted by atomic mass is 9.91. The topological polar surface area (TPSA) is 121 Å². The molecule has 0 aliphatic carbocycles. The van der Waals surface area contributed by atoms with E-state index in [1.54, 1.807) is 37.7 Å². The number of likely N-dealkylation sites (N-methyl/N-ethyl adjacent to an activating group) is 1. The second kappa shape index (κ2) is 12.3. The summed E-state index contributed by atoms with van der Waals surface area (Å²) in [7, 11) is 3.75. The van der Waals surface area contributed by atoms with E-state index in [0.29, 0.717) is 47.5 Å². The van der Waals surface area contributed by atoms with Crippen LogP contribution in [-0.4, -0.2) is 66.9 Å². The van der Waals surface area contributed by atoms with Gasteiger partial charge in [0.15, 0.2) is 0 Å². The Balaban J connectivity index is 1.31. The lowest BCUT2D eigenvalue weighted by Gasteiger charge is -2.36. The van der Waals surface area contributed by atoms with Crippen LogP contribution in [-0.2, 0) is 16.1 Å². The number of methoxy groups -OCH3 is 1. The molecule has 0 bridgehead atoms. The Morgan fingerprint density at radius 2 is 1.88 bits per heavy atom. The highest BCUT2D eigenvalue weighted by Crippen LogP contribution is 2.32. The van der Waals surface area contributed by atoms with Gasteiger partial charge in [-0.05, 0) is 55.4 Å². The maximum Gasteiger partial charge on any atom is 0.323 e. The van der Waals surface area contributed by atoms with E-state index in [1.165, 1.54) is 10.1 Å². The van der Waals surface area contributed by atoms with Crippen molar-refractivity contribution in [3.8, 4) is 11.5 Å². The van der Waals surface area contributed by atoms with Crippen LogP contribution in [0.25, 0.3) is 10.9 Å². The normalized spacial score (nSPS) is 13.8. The van der Waals surface area contributed by atoms with E-state index in [0.717, 1.165) is 30.5 Å². The molecule has 10 nitrogen and oxygen atoms in total. The average molecular weight is 544 g/mol. The molecule has 0 atom stereocenters. The summed E-state index contributed by atoms with van der Waals surface area (Å²) in [4.78, 5) is 31.3. The highest BCUT2D eigenvalue weighted by molar-refractivity contribution is 6.03. The summed E-state index contributed by atoms with van der Waals surface area (Å²) in [5, 5.41) is 3.64. The largest absolute Gasteiger partial charge is 0.457 e. The van der Waals surface area contributed by atoms with Crippen molar-refractivity contribution in [2.45, 2.75) is 18.9 Å². The molecule has 0 radical (unpaired) electrons. The molecule has 0 unspecified atom stereocenters. The fraction of sp³-hybridized carbons (Fsp3) is 0.300. The number of pyridine rings is 1. The number of nitrogens with one attached hydrogen (secondary N) is 1. The van der Waals surface area contributed by atoms with Gasteiger partial charge in [-0.25, -0.2) is 9.78 Å². The van der Waals surface area contributed by atoms with Gasteiger partial charge >= 0.3 is 6.03 Å². The smallest absolute Gasteiger partial charge is 0.323 e. The van der Waals surface area contributed by atoms with Crippen molar-refractivity contribution in [3.63, 3.8) is 0 Å². The van der Waals surface area contributed by atoms with Crippen LogP contribution in [0.3, 0.4) is 0 Å². The van der Waals surface area contributed by atoms with Gasteiger partial charge in [-0.3, -0.25) is 9.36 Å². The van der Waals surface area contributed by atoms with Crippen LogP contribution in [0.2, 0.25) is 0 Å². The zero-order valence-electron chi connectivity index (χ0n) is 22.6. The van der Waals surface area contributed by atoms with E-state index in [4.69, 9.17) is 19.9 Å². The lowest BCUT2D eigenvalue weighted by molar-refractivity contribution is 0.0919. The molecule has 4 aromatic rings. The van der Waals surface area contributed by atoms with Gasteiger partial charge in [-0.15, -0.1) is 0 Å². The van der Waals surface area contributed by atoms with Gasteiger partial charge in [0.1, 0.15) is 17.3 Å². The zero-order chi connectivity index (χ0) is 28.1. The fourth-order valence-corrected chi connectivity index (χ4v) is 4.77. The van der Waals surface area contributed by atoms with Crippen molar-refractivity contribution in [2.24, 2.45) is 5.73 Å². The number of carbonyl (C=O) groups excluding carboxylic acids is 2. The number of hydrogen-bond donors (Lipinski definition) is 2. The van der Waals surface area contributed by atoms with Gasteiger partial charge in [0.05, 0.1) is 12.1 Å². The Morgan fingerprint density at radius 3 is 2.60 bits per heavy atom. The van der Waals surface area contributed by atoms with Gasteiger partial charge < -0.3 is 30.2 Å². The van der Waals surface area contributed by atoms with Crippen LogP contribution >= 0.6 is 0 Å². The number of amides is 2. The van der Waals surface area contributed by atoms with Gasteiger partial charge in [0.2, 0.25) is 0 Å². The first kappa shape index (κ1) is 27.3. The minimum absolute atomic E-state index is 0.249. The highest BCUT2D eigenvalue weighted by atomic mass is 16.5. The van der Waals surface area contributed by atoms with Crippen LogP contribution < -0.4 is 15.8 Å². The van der Waals surface area contributed by atoms with Crippen molar-refractivity contribution in [2.75, 3.05) is 45.8 Å². The molecule has 10 heteroatoms. The molecule has 40 heavy (non-hydrogen) atoms. The van der Waals surface area contributed by atoms with Gasteiger partial charge in [0, 0.05) is 74.3 Å². The first-order valence-corrected chi connectivity index (χ1v) is 13.2. The third-order valence-electron chi connectivity index (χ3n) is 6.91. The SMILES string of the molecule is COCCCOCc1cc2c(ccn2C(N)=O)cc1Oc1ccnc(NC(=O)c2ccc(C3CN(C)C3)cc2)c1. The number of primary amides is 1. The van der Waals surface area contributed by atoms with Crippen LogP contribution in [0.15, 0.2) is 67.0 Å². The van der Waals surface area contributed by atoms with E-state index >= 15 is 0 Å². The third-order valence-corrected chi connectivity index (χ3v) is 6.91. The molecule has 2 amide bonds. The van der Waals surface area contributed by atoms with Crippen molar-refractivity contribution in [3.05, 3.63) is 83.7 Å². The molecule has 1 aliphatic heterocycles. The third kappa shape index (κ3) is 6.31. The van der Waals surface area contributed by atoms with Gasteiger partial charge in [-0.1, -0.05) is 12.1 Å². The standard InChI is InChI=1S/C30H33N5O5/c1-34-17-24(18-34)20-4-6-21(7-5-20)29(36)33-28-16-25(8-10-32-28)40-27-15-22-9-11-35(30(31)37)26(22)14-23(27)19-39-13-3-12-38-2/h4-11,14-16,24H,3,12-13,17-19H2,1-2H3,(H2,31,37)(H,32,33,36). The minimum Gasteiger partial charge on any atom is -0.457 e. The van der Waals surface area contributed by atoms with Crippen molar-refractivity contribution < 1.29 is 23.8 Å². The molecule has 1 aliphatic rings. The molecule has 2 aromatic heterocycles. The number of benzene rings is 2. The second-order valence-electron chi connectivity index (χ2n) is 9.91. The fourth-order valence-electron chi connectivity index (χ4n) is 4.77. The molecular formula is C30H33N5O5. The summed E-state index contributed by atoms with van der Waals surface area (Å²) >= 11 is 0. The summed E-state index contributed by atoms with van der Waals surface area (Å²) in [5.74, 6) is 1.69. The van der Waals surface area contributed by atoms with Crippen molar-refractivity contribution >= 4 is 28.7 Å². The Kier molecular flexibility index (Phi) is 8.40. The van der Waals surface area contributed by atoms with Gasteiger partial charge in [0.25, 0.3) is 5.91 Å². The summed E-state index contributed by atoms with van der Waals surface area (Å²) in [6, 6.07) is 16.0. The summed E-state index contributed by atoms with van der Waals surface area (Å²) in [5.41, 5.74) is 8.73. The minimum atomic E-state index is -0.574. The number of fused-ring (bicyclic) bond motifs is 1. The van der Waals surface area contributed by atoms with E-state index < -0.39 is 6.03 Å². The van der Waals surface area contributed by atoms with Crippen LogP contribution in [0, 0.1) is 0 Å². The summed E-state index contributed by atoms with van der Waals surface area (Å²) < 4.78 is 18.5. The van der Waals surface area contributed by atoms with Crippen molar-refractivity contribution in [1.29, 1.82) is 0 Å². The Labute approximate surface area is 232 Å². The number of rotatable bonds is 11. The van der Waals surface area contributed by atoms with Crippen LogP contribution in [0.1, 0.15) is 33.8 Å². The maximum absolute atomic E-state index is 12.9. The summed E-state index contributed by atoms with van der Waals surface area (Å²) in [6.07, 6.45) is 3.95. The second-order valence-corrected chi connectivity index (χ2v) is 9.91. The number of carbonyl (C=O) groups is 2. The van der Waals surface area contributed by atoms with Crippen molar-refractivity contribution in [1.82, 2.24) is 14.5 Å². The predicted octanol–water partition coefficient (Wildman–Crippen LogP) is 4.59. The molecule has 0 saturated carbocycles. The molecule has 3 N–H and O–H groups in total. The number of nitrogens with zero attached hydrogens (tertiary/aromatic N) is 3. The summed E-state index contributed by atoms with van der Waals surface area (Å²) in [6.45, 7) is 3.44. The Morgan fingerprint density at radius 1 is 1.07 bits per heavy atom. The number of nitrogens with two attached hydrogens (primary N) is 1. The van der Waals surface area contributed by atoms with Crippen LogP contribution in [0.4, 0.5) is 10.6 Å². The Hall–Kier alpha value is -4.25. The molecule has 1 saturated heterocycles. The number of aromatic nitrogens is 2. The molecule has 1 fully saturated rings. The molecule has 208 valence electrons.